The van der Waals surface area contributed by atoms with Crippen LogP contribution in [-0.2, 0) is 0 Å². The van der Waals surface area contributed by atoms with E-state index < -0.39 is 23.6 Å². The quantitative estimate of drug-likeness (QED) is 0.750. The van der Waals surface area contributed by atoms with Crippen molar-refractivity contribution in [3.05, 3.63) is 71.0 Å². The van der Waals surface area contributed by atoms with Gasteiger partial charge in [0.2, 0.25) is 0 Å². The largest absolute Gasteiger partial charge is 0.478 e. The van der Waals surface area contributed by atoms with Gasteiger partial charge in [0.15, 0.2) is 0 Å². The van der Waals surface area contributed by atoms with Crippen LogP contribution in [0.3, 0.4) is 0 Å². The molecule has 0 aliphatic heterocycles. The minimum absolute atomic E-state index is 0.0342. The summed E-state index contributed by atoms with van der Waals surface area (Å²) in [5.41, 5.74) is 4.18. The maximum absolute atomic E-state index is 13.4. The molecule has 0 bridgehead atoms. The zero-order valence-corrected chi connectivity index (χ0v) is 11.2. The standard InChI is InChI=1S/C15H11FN2O4/c16-12-4-2-1-3-11(12)14(20)18-17-13(19)9-5-7-10(8-6-9)15(21)22/h1-8H,(H,17,19)(H,18,20)(H,21,22). The number of carboxylic acids is 1. The van der Waals surface area contributed by atoms with Gasteiger partial charge in [0.1, 0.15) is 5.82 Å². The molecule has 0 atom stereocenters. The Bertz CT molecular complexity index is 729. The van der Waals surface area contributed by atoms with E-state index in [1.807, 2.05) is 0 Å². The molecule has 112 valence electrons. The molecule has 0 fully saturated rings. The first-order valence-corrected chi connectivity index (χ1v) is 6.17. The fourth-order valence-corrected chi connectivity index (χ4v) is 1.66. The van der Waals surface area contributed by atoms with Gasteiger partial charge in [-0.1, -0.05) is 12.1 Å². The maximum atomic E-state index is 13.4. The summed E-state index contributed by atoms with van der Waals surface area (Å²) in [4.78, 5) is 34.2. The number of aromatic carboxylic acids is 1. The highest BCUT2D eigenvalue weighted by Gasteiger charge is 2.12. The molecule has 0 saturated heterocycles. The van der Waals surface area contributed by atoms with Crippen molar-refractivity contribution in [3.8, 4) is 0 Å². The van der Waals surface area contributed by atoms with E-state index in [1.54, 1.807) is 0 Å². The van der Waals surface area contributed by atoms with E-state index in [4.69, 9.17) is 5.11 Å². The summed E-state index contributed by atoms with van der Waals surface area (Å²) in [5, 5.41) is 8.75. The average Bonchev–Trinajstić information content (AvgIpc) is 2.52. The van der Waals surface area contributed by atoms with Crippen LogP contribution in [-0.4, -0.2) is 22.9 Å². The Morgan fingerprint density at radius 2 is 1.36 bits per heavy atom. The number of carboxylic acid groups (broad SMARTS) is 1. The first-order chi connectivity index (χ1) is 10.5. The van der Waals surface area contributed by atoms with Crippen LogP contribution in [0.4, 0.5) is 4.39 Å². The number of halogens is 1. The number of benzene rings is 2. The van der Waals surface area contributed by atoms with E-state index in [0.717, 1.165) is 6.07 Å². The third kappa shape index (κ3) is 3.45. The van der Waals surface area contributed by atoms with Gasteiger partial charge in [-0.25, -0.2) is 9.18 Å². The van der Waals surface area contributed by atoms with Crippen molar-refractivity contribution in [1.82, 2.24) is 10.9 Å². The molecule has 0 radical (unpaired) electrons. The molecule has 0 saturated carbocycles. The molecule has 0 aliphatic carbocycles. The Hall–Kier alpha value is -3.22. The molecule has 2 rings (SSSR count). The third-order valence-corrected chi connectivity index (χ3v) is 2.80. The van der Waals surface area contributed by atoms with E-state index in [9.17, 15) is 18.8 Å². The predicted molar refractivity (Wildman–Crippen MR) is 74.7 cm³/mol. The monoisotopic (exact) mass is 302 g/mol. The normalized spacial score (nSPS) is 9.86. The molecule has 3 N–H and O–H groups in total. The Balaban J connectivity index is 1.99. The van der Waals surface area contributed by atoms with Gasteiger partial charge in [0.05, 0.1) is 11.1 Å². The molecule has 0 unspecified atom stereocenters. The lowest BCUT2D eigenvalue weighted by molar-refractivity contribution is 0.0696. The highest BCUT2D eigenvalue weighted by Crippen LogP contribution is 2.06. The lowest BCUT2D eigenvalue weighted by atomic mass is 10.1. The smallest absolute Gasteiger partial charge is 0.335 e. The van der Waals surface area contributed by atoms with Crippen LogP contribution in [0.15, 0.2) is 48.5 Å². The van der Waals surface area contributed by atoms with Crippen LogP contribution >= 0.6 is 0 Å². The van der Waals surface area contributed by atoms with E-state index in [1.165, 1.54) is 42.5 Å². The summed E-state index contributed by atoms with van der Waals surface area (Å²) in [7, 11) is 0. The molecule has 0 heterocycles. The number of hydrogen-bond donors (Lipinski definition) is 3. The van der Waals surface area contributed by atoms with Crippen LogP contribution < -0.4 is 10.9 Å². The zero-order chi connectivity index (χ0) is 16.1. The van der Waals surface area contributed by atoms with E-state index in [2.05, 4.69) is 10.9 Å². The van der Waals surface area contributed by atoms with Crippen molar-refractivity contribution in [3.63, 3.8) is 0 Å². The zero-order valence-electron chi connectivity index (χ0n) is 11.2. The highest BCUT2D eigenvalue weighted by molar-refractivity contribution is 5.99. The number of carbonyl (C=O) groups is 3. The van der Waals surface area contributed by atoms with Crippen molar-refractivity contribution in [2.24, 2.45) is 0 Å². The van der Waals surface area contributed by atoms with Gasteiger partial charge in [0.25, 0.3) is 11.8 Å². The number of rotatable bonds is 3. The summed E-state index contributed by atoms with van der Waals surface area (Å²) in [5.74, 6) is -3.27. The number of carbonyl (C=O) groups excluding carboxylic acids is 2. The first kappa shape index (κ1) is 15.2. The van der Waals surface area contributed by atoms with Gasteiger partial charge in [0, 0.05) is 5.56 Å². The van der Waals surface area contributed by atoms with Gasteiger partial charge < -0.3 is 5.11 Å². The average molecular weight is 302 g/mol. The highest BCUT2D eigenvalue weighted by atomic mass is 19.1. The summed E-state index contributed by atoms with van der Waals surface area (Å²) in [6.07, 6.45) is 0. The number of amides is 2. The molecule has 2 aromatic rings. The molecule has 2 aromatic carbocycles. The lowest BCUT2D eigenvalue weighted by Gasteiger charge is -2.08. The lowest BCUT2D eigenvalue weighted by Crippen LogP contribution is -2.41. The van der Waals surface area contributed by atoms with Crippen LogP contribution in [0.25, 0.3) is 0 Å². The molecule has 2 amide bonds. The van der Waals surface area contributed by atoms with Crippen molar-refractivity contribution in [2.45, 2.75) is 0 Å². The van der Waals surface area contributed by atoms with Crippen LogP contribution in [0, 0.1) is 5.82 Å². The van der Waals surface area contributed by atoms with Crippen molar-refractivity contribution >= 4 is 17.8 Å². The number of nitrogens with one attached hydrogen (secondary N) is 2. The molecule has 6 nitrogen and oxygen atoms in total. The summed E-state index contributed by atoms with van der Waals surface area (Å²) < 4.78 is 13.4. The molecule has 22 heavy (non-hydrogen) atoms. The summed E-state index contributed by atoms with van der Waals surface area (Å²) >= 11 is 0. The van der Waals surface area contributed by atoms with Crippen molar-refractivity contribution < 1.29 is 23.9 Å². The Morgan fingerprint density at radius 1 is 0.818 bits per heavy atom. The second-order valence-corrected chi connectivity index (χ2v) is 4.27. The van der Waals surface area contributed by atoms with E-state index in [-0.39, 0.29) is 16.7 Å². The molecule has 0 aromatic heterocycles. The van der Waals surface area contributed by atoms with E-state index >= 15 is 0 Å². The SMILES string of the molecule is O=C(O)c1ccc(C(=O)NNC(=O)c2ccccc2F)cc1. The van der Waals surface area contributed by atoms with E-state index in [0.29, 0.717) is 0 Å². The van der Waals surface area contributed by atoms with Crippen molar-refractivity contribution in [1.29, 1.82) is 0 Å². The minimum atomic E-state index is -1.11. The second-order valence-electron chi connectivity index (χ2n) is 4.27. The predicted octanol–water partition coefficient (Wildman–Crippen LogP) is 1.60. The number of hydrogen-bond acceptors (Lipinski definition) is 3. The Labute approximate surface area is 124 Å². The van der Waals surface area contributed by atoms with Gasteiger partial charge >= 0.3 is 5.97 Å². The van der Waals surface area contributed by atoms with Crippen LogP contribution in [0.5, 0.6) is 0 Å². The topological polar surface area (TPSA) is 95.5 Å². The van der Waals surface area contributed by atoms with Gasteiger partial charge in [-0.2, -0.15) is 0 Å². The molecule has 0 spiro atoms. The summed E-state index contributed by atoms with van der Waals surface area (Å²) in [6.45, 7) is 0. The first-order valence-electron chi connectivity index (χ1n) is 6.17. The third-order valence-electron chi connectivity index (χ3n) is 2.80. The summed E-state index contributed by atoms with van der Waals surface area (Å²) in [6, 6.07) is 10.5. The second kappa shape index (κ2) is 6.49. The maximum Gasteiger partial charge on any atom is 0.335 e. The number of hydrazine groups is 1. The van der Waals surface area contributed by atoms with Gasteiger partial charge in [-0.3, -0.25) is 20.4 Å². The van der Waals surface area contributed by atoms with Crippen LogP contribution in [0.1, 0.15) is 31.1 Å². The minimum Gasteiger partial charge on any atom is -0.478 e. The molecule has 0 aliphatic rings. The fraction of sp³-hybridized carbons (Fsp3) is 0. The van der Waals surface area contributed by atoms with Crippen LogP contribution in [0.2, 0.25) is 0 Å². The van der Waals surface area contributed by atoms with Crippen molar-refractivity contribution in [2.75, 3.05) is 0 Å². The Kier molecular flexibility index (Phi) is 4.47. The van der Waals surface area contributed by atoms with Gasteiger partial charge in [-0.15, -0.1) is 0 Å². The molecular formula is C15H11FN2O4. The Morgan fingerprint density at radius 3 is 1.95 bits per heavy atom. The molecule has 7 heteroatoms. The molecular weight excluding hydrogens is 291 g/mol. The van der Waals surface area contributed by atoms with Gasteiger partial charge in [-0.05, 0) is 36.4 Å². The fourth-order valence-electron chi connectivity index (χ4n) is 1.66.